The van der Waals surface area contributed by atoms with E-state index in [0.29, 0.717) is 16.8 Å². The summed E-state index contributed by atoms with van der Waals surface area (Å²) in [5.74, 6) is -0.710. The fourth-order valence-corrected chi connectivity index (χ4v) is 1.84. The zero-order chi connectivity index (χ0) is 14.5. The van der Waals surface area contributed by atoms with Crippen molar-refractivity contribution in [1.29, 1.82) is 5.26 Å². The average Bonchev–Trinajstić information content (AvgIpc) is 2.44. The molecule has 100 valence electrons. The number of carbonyl (C=O) groups is 1. The Balaban J connectivity index is 2.13. The normalized spacial score (nSPS) is 9.85. The molecule has 0 spiro atoms. The van der Waals surface area contributed by atoms with Crippen LogP contribution in [-0.4, -0.2) is 5.91 Å². The number of nitriles is 1. The lowest BCUT2D eigenvalue weighted by atomic mass is 10.1. The molecular formula is C16H13FN2O. The molecule has 0 saturated carbocycles. The number of benzene rings is 2. The van der Waals surface area contributed by atoms with E-state index >= 15 is 0 Å². The molecule has 1 N–H and O–H groups in total. The number of halogens is 1. The Morgan fingerprint density at radius 2 is 2.05 bits per heavy atom. The van der Waals surface area contributed by atoms with E-state index in [1.807, 2.05) is 13.0 Å². The van der Waals surface area contributed by atoms with Crippen molar-refractivity contribution < 1.29 is 9.18 Å². The molecule has 1 amide bonds. The van der Waals surface area contributed by atoms with Gasteiger partial charge in [0.15, 0.2) is 0 Å². The smallest absolute Gasteiger partial charge is 0.228 e. The molecule has 0 aromatic heterocycles. The van der Waals surface area contributed by atoms with Crippen LogP contribution in [0.25, 0.3) is 0 Å². The van der Waals surface area contributed by atoms with Crippen LogP contribution in [0.1, 0.15) is 16.7 Å². The minimum atomic E-state index is -0.398. The van der Waals surface area contributed by atoms with Gasteiger partial charge in [-0.2, -0.15) is 5.26 Å². The number of hydrogen-bond donors (Lipinski definition) is 1. The number of nitrogens with one attached hydrogen (secondary N) is 1. The van der Waals surface area contributed by atoms with Crippen LogP contribution in [0.4, 0.5) is 10.1 Å². The van der Waals surface area contributed by atoms with E-state index in [4.69, 9.17) is 5.26 Å². The molecule has 0 aliphatic carbocycles. The van der Waals surface area contributed by atoms with Crippen LogP contribution < -0.4 is 5.32 Å². The highest BCUT2D eigenvalue weighted by Gasteiger charge is 2.09. The van der Waals surface area contributed by atoms with Crippen LogP contribution in [-0.2, 0) is 11.2 Å². The fourth-order valence-electron chi connectivity index (χ4n) is 1.84. The molecule has 3 nitrogen and oxygen atoms in total. The van der Waals surface area contributed by atoms with Gasteiger partial charge in [-0.15, -0.1) is 0 Å². The Hall–Kier alpha value is -2.67. The summed E-state index contributed by atoms with van der Waals surface area (Å²) in [7, 11) is 0. The fraction of sp³-hybridized carbons (Fsp3) is 0.125. The van der Waals surface area contributed by atoms with E-state index in [-0.39, 0.29) is 12.3 Å². The van der Waals surface area contributed by atoms with Gasteiger partial charge < -0.3 is 5.32 Å². The van der Waals surface area contributed by atoms with Crippen molar-refractivity contribution in [1.82, 2.24) is 0 Å². The molecule has 20 heavy (non-hydrogen) atoms. The van der Waals surface area contributed by atoms with Crippen LogP contribution in [0.3, 0.4) is 0 Å². The lowest BCUT2D eigenvalue weighted by Gasteiger charge is -2.09. The van der Waals surface area contributed by atoms with Crippen LogP contribution >= 0.6 is 0 Å². The van der Waals surface area contributed by atoms with Gasteiger partial charge in [-0.1, -0.05) is 24.3 Å². The first-order chi connectivity index (χ1) is 9.60. The summed E-state index contributed by atoms with van der Waals surface area (Å²) < 4.78 is 13.5. The van der Waals surface area contributed by atoms with Gasteiger partial charge in [0.2, 0.25) is 5.91 Å². The van der Waals surface area contributed by atoms with Crippen molar-refractivity contribution in [2.45, 2.75) is 13.3 Å². The summed E-state index contributed by atoms with van der Waals surface area (Å²) in [5.41, 5.74) is 2.24. The molecule has 0 radical (unpaired) electrons. The average molecular weight is 268 g/mol. The maximum absolute atomic E-state index is 13.5. The van der Waals surface area contributed by atoms with Crippen molar-refractivity contribution in [3.63, 3.8) is 0 Å². The summed E-state index contributed by atoms with van der Waals surface area (Å²) in [6, 6.07) is 13.2. The molecule has 0 heterocycles. The van der Waals surface area contributed by atoms with Crippen molar-refractivity contribution in [3.8, 4) is 6.07 Å². The van der Waals surface area contributed by atoms with E-state index in [1.165, 1.54) is 6.07 Å². The number of aryl methyl sites for hydroxylation is 1. The zero-order valence-corrected chi connectivity index (χ0v) is 11.0. The molecule has 2 aromatic rings. The number of anilines is 1. The minimum Gasteiger partial charge on any atom is -0.326 e. The number of hydrogen-bond acceptors (Lipinski definition) is 2. The molecule has 0 unspecified atom stereocenters. The highest BCUT2D eigenvalue weighted by molar-refractivity contribution is 5.93. The van der Waals surface area contributed by atoms with Gasteiger partial charge in [-0.3, -0.25) is 4.79 Å². The lowest BCUT2D eigenvalue weighted by molar-refractivity contribution is -0.115. The summed E-state index contributed by atoms with van der Waals surface area (Å²) >= 11 is 0. The second kappa shape index (κ2) is 5.98. The largest absolute Gasteiger partial charge is 0.326 e. The van der Waals surface area contributed by atoms with E-state index in [9.17, 15) is 9.18 Å². The summed E-state index contributed by atoms with van der Waals surface area (Å²) in [4.78, 5) is 11.9. The number of carbonyl (C=O) groups excluding carboxylic acids is 1. The van der Waals surface area contributed by atoms with Crippen molar-refractivity contribution >= 4 is 11.6 Å². The maximum Gasteiger partial charge on any atom is 0.228 e. The molecule has 0 aliphatic heterocycles. The predicted molar refractivity (Wildman–Crippen MR) is 74.6 cm³/mol. The molecule has 0 fully saturated rings. The van der Waals surface area contributed by atoms with E-state index in [1.54, 1.807) is 36.4 Å². The number of nitrogens with zero attached hydrogens (tertiary/aromatic N) is 1. The molecule has 0 bridgehead atoms. The minimum absolute atomic E-state index is 0.0388. The number of amides is 1. The molecule has 2 aromatic carbocycles. The lowest BCUT2D eigenvalue weighted by Crippen LogP contribution is -2.16. The summed E-state index contributed by atoms with van der Waals surface area (Å²) in [6.07, 6.45) is -0.0388. The molecule has 0 atom stereocenters. The Labute approximate surface area is 116 Å². The first kappa shape index (κ1) is 13.8. The van der Waals surface area contributed by atoms with Crippen LogP contribution in [0.5, 0.6) is 0 Å². The molecule has 0 aliphatic rings. The summed E-state index contributed by atoms with van der Waals surface area (Å²) in [6.45, 7) is 1.83. The summed E-state index contributed by atoms with van der Waals surface area (Å²) in [5, 5.41) is 11.6. The molecule has 2 rings (SSSR count). The molecular weight excluding hydrogens is 255 g/mol. The highest BCUT2D eigenvalue weighted by atomic mass is 19.1. The second-order valence-corrected chi connectivity index (χ2v) is 4.46. The Bertz CT molecular complexity index is 689. The number of rotatable bonds is 3. The van der Waals surface area contributed by atoms with Crippen LogP contribution in [0, 0.1) is 24.1 Å². The van der Waals surface area contributed by atoms with Gasteiger partial charge >= 0.3 is 0 Å². The maximum atomic E-state index is 13.5. The first-order valence-electron chi connectivity index (χ1n) is 6.14. The van der Waals surface area contributed by atoms with E-state index < -0.39 is 5.82 Å². The van der Waals surface area contributed by atoms with Gasteiger partial charge in [0.05, 0.1) is 18.1 Å². The highest BCUT2D eigenvalue weighted by Crippen LogP contribution is 2.17. The van der Waals surface area contributed by atoms with Crippen LogP contribution in [0.15, 0.2) is 42.5 Å². The Morgan fingerprint density at radius 3 is 2.75 bits per heavy atom. The van der Waals surface area contributed by atoms with Crippen molar-refractivity contribution in [2.75, 3.05) is 5.32 Å². The van der Waals surface area contributed by atoms with E-state index in [0.717, 1.165) is 5.56 Å². The van der Waals surface area contributed by atoms with Crippen molar-refractivity contribution in [3.05, 3.63) is 65.0 Å². The Morgan fingerprint density at radius 1 is 1.30 bits per heavy atom. The third-order valence-corrected chi connectivity index (χ3v) is 2.95. The van der Waals surface area contributed by atoms with Gasteiger partial charge in [-0.25, -0.2) is 4.39 Å². The second-order valence-electron chi connectivity index (χ2n) is 4.46. The van der Waals surface area contributed by atoms with Gasteiger partial charge in [0.1, 0.15) is 5.82 Å². The topological polar surface area (TPSA) is 52.9 Å². The standard InChI is InChI=1S/C16H13FN2O/c1-11-6-7-12(10-18)8-15(11)19-16(20)9-13-4-2-3-5-14(13)17/h2-8H,9H2,1H3,(H,19,20). The molecule has 4 heteroatoms. The zero-order valence-electron chi connectivity index (χ0n) is 11.0. The Kier molecular flexibility index (Phi) is 4.11. The van der Waals surface area contributed by atoms with Gasteiger partial charge in [0, 0.05) is 5.69 Å². The first-order valence-corrected chi connectivity index (χ1v) is 6.14. The van der Waals surface area contributed by atoms with Gasteiger partial charge in [0.25, 0.3) is 0 Å². The van der Waals surface area contributed by atoms with Crippen molar-refractivity contribution in [2.24, 2.45) is 0 Å². The monoisotopic (exact) mass is 268 g/mol. The van der Waals surface area contributed by atoms with E-state index in [2.05, 4.69) is 5.32 Å². The third-order valence-electron chi connectivity index (χ3n) is 2.95. The quantitative estimate of drug-likeness (QED) is 0.929. The predicted octanol–water partition coefficient (Wildman–Crippen LogP) is 3.19. The molecule has 0 saturated heterocycles. The van der Waals surface area contributed by atoms with Gasteiger partial charge in [-0.05, 0) is 36.2 Å². The third kappa shape index (κ3) is 3.21. The van der Waals surface area contributed by atoms with Crippen LogP contribution in [0.2, 0.25) is 0 Å². The SMILES string of the molecule is Cc1ccc(C#N)cc1NC(=O)Cc1ccccc1F.